The number of rotatable bonds is 9. The smallest absolute Gasteiger partial charge is 0.324 e. The van der Waals surface area contributed by atoms with E-state index in [1.165, 1.54) is 12.1 Å². The average Bonchev–Trinajstić information content (AvgIpc) is 2.68. The first-order valence-corrected chi connectivity index (χ1v) is 9.95. The average molecular weight is 416 g/mol. The normalized spacial score (nSPS) is 13.9. The number of hydrogen-bond donors (Lipinski definition) is 2. The minimum atomic E-state index is -1.47. The van der Waals surface area contributed by atoms with Gasteiger partial charge >= 0.3 is 5.97 Å². The summed E-state index contributed by atoms with van der Waals surface area (Å²) in [5, 5.41) is 29.3. The van der Waals surface area contributed by atoms with Crippen LogP contribution in [0.15, 0.2) is 42.5 Å². The molecule has 0 fully saturated rings. The van der Waals surface area contributed by atoms with Crippen LogP contribution in [0, 0.1) is 28.5 Å². The fraction of sp³-hybridized carbons (Fsp3) is 0.364. The van der Waals surface area contributed by atoms with E-state index in [0.29, 0.717) is 28.9 Å². The van der Waals surface area contributed by atoms with Crippen LogP contribution in [0.2, 0.25) is 18.2 Å². The highest BCUT2D eigenvalue weighted by molar-refractivity contribution is 6.48. The quantitative estimate of drug-likeness (QED) is 0.544. The van der Waals surface area contributed by atoms with Crippen molar-refractivity contribution in [2.24, 2.45) is 11.3 Å². The zero-order valence-corrected chi connectivity index (χ0v) is 17.3. The first-order chi connectivity index (χ1) is 13.7. The maximum atomic E-state index is 14.1. The van der Waals surface area contributed by atoms with Crippen molar-refractivity contribution in [2.75, 3.05) is 0 Å². The van der Waals surface area contributed by atoms with E-state index >= 15 is 0 Å². The Morgan fingerprint density at radius 3 is 2.48 bits per heavy atom. The number of aliphatic carboxylic acids is 1. The molecule has 2 aromatic carbocycles. The monoisotopic (exact) mass is 415 g/mol. The van der Waals surface area contributed by atoms with Gasteiger partial charge in [-0.25, -0.2) is 4.39 Å². The molecule has 152 valence electrons. The van der Waals surface area contributed by atoms with Gasteiger partial charge in [-0.2, -0.15) is 5.26 Å². The summed E-state index contributed by atoms with van der Waals surface area (Å²) in [5.74, 6) is -1.68. The topological polar surface area (TPSA) is 81.3 Å². The van der Waals surface area contributed by atoms with Crippen LogP contribution in [-0.4, -0.2) is 23.0 Å². The Hall–Kier alpha value is -2.36. The van der Waals surface area contributed by atoms with Crippen LogP contribution in [0.1, 0.15) is 25.3 Å². The van der Waals surface area contributed by atoms with E-state index in [2.05, 4.69) is 0 Å². The highest BCUT2D eigenvalue weighted by Gasteiger charge is 2.39. The summed E-state index contributed by atoms with van der Waals surface area (Å²) >= 11 is 5.97. The molecule has 0 bridgehead atoms. The highest BCUT2D eigenvalue weighted by Crippen LogP contribution is 2.34. The van der Waals surface area contributed by atoms with Gasteiger partial charge in [0.1, 0.15) is 5.82 Å². The molecule has 1 unspecified atom stereocenters. The van der Waals surface area contributed by atoms with Gasteiger partial charge in [-0.1, -0.05) is 49.6 Å². The zero-order valence-electron chi connectivity index (χ0n) is 16.5. The molecule has 0 aromatic heterocycles. The van der Waals surface area contributed by atoms with Gasteiger partial charge in [0.15, 0.2) is 5.41 Å². The second-order valence-corrected chi connectivity index (χ2v) is 7.97. The Bertz CT molecular complexity index is 898. The molecule has 2 aromatic rings. The molecule has 29 heavy (non-hydrogen) atoms. The lowest BCUT2D eigenvalue weighted by Gasteiger charge is -2.26. The molecule has 2 rings (SSSR count). The summed E-state index contributed by atoms with van der Waals surface area (Å²) in [6, 6.07) is 13.6. The third-order valence-corrected chi connectivity index (χ3v) is 5.49. The molecule has 0 heterocycles. The van der Waals surface area contributed by atoms with Crippen LogP contribution < -0.4 is 0 Å². The van der Waals surface area contributed by atoms with Crippen molar-refractivity contribution in [1.82, 2.24) is 0 Å². The van der Waals surface area contributed by atoms with Crippen molar-refractivity contribution in [3.8, 4) is 17.2 Å². The number of carboxylic acids is 1. The SMILES string of the molecule is CCC(C#N)(C[C@H](CB(C)O)Cc1ccc(-c2cc(Cl)ccc2F)cc1)C(=O)O. The van der Waals surface area contributed by atoms with Gasteiger partial charge in [-0.05, 0) is 60.8 Å². The van der Waals surface area contributed by atoms with Crippen molar-refractivity contribution in [2.45, 2.75) is 39.3 Å². The largest absolute Gasteiger partial charge is 0.480 e. The number of benzene rings is 2. The van der Waals surface area contributed by atoms with E-state index in [1.54, 1.807) is 31.9 Å². The third kappa shape index (κ3) is 5.82. The number of hydrogen-bond acceptors (Lipinski definition) is 3. The molecule has 0 aliphatic heterocycles. The Morgan fingerprint density at radius 1 is 1.31 bits per heavy atom. The second kappa shape index (κ2) is 9.91. The van der Waals surface area contributed by atoms with Crippen LogP contribution in [-0.2, 0) is 11.2 Å². The van der Waals surface area contributed by atoms with Crippen molar-refractivity contribution < 1.29 is 19.3 Å². The molecule has 0 amide bonds. The van der Waals surface area contributed by atoms with Gasteiger partial charge in [0.2, 0.25) is 0 Å². The van der Waals surface area contributed by atoms with Crippen LogP contribution in [0.3, 0.4) is 0 Å². The molecule has 0 saturated carbocycles. The van der Waals surface area contributed by atoms with Gasteiger partial charge in [-0.3, -0.25) is 4.79 Å². The number of carboxylic acid groups (broad SMARTS) is 1. The van der Waals surface area contributed by atoms with Gasteiger partial charge < -0.3 is 10.1 Å². The van der Waals surface area contributed by atoms with Crippen LogP contribution >= 0.6 is 11.6 Å². The Morgan fingerprint density at radius 2 is 1.97 bits per heavy atom. The van der Waals surface area contributed by atoms with Crippen LogP contribution in [0.4, 0.5) is 4.39 Å². The first-order valence-electron chi connectivity index (χ1n) is 9.58. The third-order valence-electron chi connectivity index (χ3n) is 5.26. The number of nitrogens with zero attached hydrogens (tertiary/aromatic N) is 1. The zero-order chi connectivity index (χ0) is 21.6. The van der Waals surface area contributed by atoms with Crippen LogP contribution in [0.5, 0.6) is 0 Å². The van der Waals surface area contributed by atoms with Gasteiger partial charge in [-0.15, -0.1) is 0 Å². The molecule has 2 atom stereocenters. The summed E-state index contributed by atoms with van der Waals surface area (Å²) in [6.07, 6.45) is 1.26. The minimum absolute atomic E-state index is 0.158. The summed E-state index contributed by atoms with van der Waals surface area (Å²) in [6.45, 7) is 2.73. The van der Waals surface area contributed by atoms with Crippen molar-refractivity contribution in [3.05, 3.63) is 58.9 Å². The van der Waals surface area contributed by atoms with Gasteiger partial charge in [0.25, 0.3) is 6.92 Å². The summed E-state index contributed by atoms with van der Waals surface area (Å²) in [7, 11) is 0. The molecule has 2 N–H and O–H groups in total. The lowest BCUT2D eigenvalue weighted by Crippen LogP contribution is -2.33. The number of carbonyl (C=O) groups is 1. The highest BCUT2D eigenvalue weighted by atomic mass is 35.5. The maximum absolute atomic E-state index is 14.1. The minimum Gasteiger partial charge on any atom is -0.480 e. The first kappa shape index (κ1) is 22.9. The second-order valence-electron chi connectivity index (χ2n) is 7.53. The summed E-state index contributed by atoms with van der Waals surface area (Å²) < 4.78 is 14.1. The predicted octanol–water partition coefficient (Wildman–Crippen LogP) is 5.31. The van der Waals surface area contributed by atoms with E-state index in [0.717, 1.165) is 5.56 Å². The van der Waals surface area contributed by atoms with Gasteiger partial charge in [0.05, 0.1) is 6.07 Å². The van der Waals surface area contributed by atoms with Crippen molar-refractivity contribution in [3.63, 3.8) is 0 Å². The lowest BCUT2D eigenvalue weighted by atomic mass is 9.60. The molecule has 7 heteroatoms. The van der Waals surface area contributed by atoms with E-state index in [9.17, 15) is 24.6 Å². The maximum Gasteiger partial charge on any atom is 0.324 e. The fourth-order valence-corrected chi connectivity index (χ4v) is 3.81. The summed E-state index contributed by atoms with van der Waals surface area (Å²) in [4.78, 5) is 11.7. The lowest BCUT2D eigenvalue weighted by molar-refractivity contribution is -0.146. The van der Waals surface area contributed by atoms with Crippen molar-refractivity contribution >= 4 is 24.5 Å². The molecular weight excluding hydrogens is 392 g/mol. The molecule has 0 aliphatic rings. The molecule has 4 nitrogen and oxygen atoms in total. The Balaban J connectivity index is 2.24. The van der Waals surface area contributed by atoms with Crippen molar-refractivity contribution in [1.29, 1.82) is 5.26 Å². The molecule has 0 spiro atoms. The number of halogens is 2. The number of nitriles is 1. The van der Waals surface area contributed by atoms with E-state index in [-0.39, 0.29) is 24.6 Å². The van der Waals surface area contributed by atoms with Gasteiger partial charge in [0, 0.05) is 10.6 Å². The predicted molar refractivity (Wildman–Crippen MR) is 113 cm³/mol. The fourth-order valence-electron chi connectivity index (χ4n) is 3.64. The van der Waals surface area contributed by atoms with E-state index in [1.807, 2.05) is 18.2 Å². The van der Waals surface area contributed by atoms with E-state index < -0.39 is 18.3 Å². The van der Waals surface area contributed by atoms with Crippen LogP contribution in [0.25, 0.3) is 11.1 Å². The molecule has 0 radical (unpaired) electrons. The molecule has 0 aliphatic carbocycles. The summed E-state index contributed by atoms with van der Waals surface area (Å²) in [5.41, 5.74) is 0.551. The Kier molecular flexibility index (Phi) is 7.84. The standard InChI is InChI=1S/C22H24BClFNO3/c1-3-22(14-26,21(27)28)12-16(13-23(2)29)10-15-4-6-17(7-5-15)19-11-18(24)8-9-20(19)25/h4-9,11,16,29H,3,10,12-13H2,1-2H3,(H,27,28)/t16-,22?/m1/s1. The molecular formula is C22H24BClFNO3. The van der Waals surface area contributed by atoms with E-state index in [4.69, 9.17) is 11.6 Å². The Labute approximate surface area is 176 Å². The molecule has 0 saturated heterocycles.